The second kappa shape index (κ2) is 7.28. The summed E-state index contributed by atoms with van der Waals surface area (Å²) in [6.07, 6.45) is 10.2. The number of rotatable bonds is 6. The molecule has 0 fully saturated rings. The van der Waals surface area contributed by atoms with Crippen LogP contribution < -0.4 is 0 Å². The van der Waals surface area contributed by atoms with Gasteiger partial charge in [-0.25, -0.2) is 0 Å². The summed E-state index contributed by atoms with van der Waals surface area (Å²) in [5, 5.41) is 0. The summed E-state index contributed by atoms with van der Waals surface area (Å²) in [4.78, 5) is 0. The van der Waals surface area contributed by atoms with Crippen LogP contribution in [0.2, 0.25) is 35.3 Å². The molecule has 16 heavy (non-hydrogen) atoms. The van der Waals surface area contributed by atoms with Crippen LogP contribution in [0.15, 0.2) is 24.3 Å². The van der Waals surface area contributed by atoms with Crippen molar-refractivity contribution in [3.63, 3.8) is 0 Å². The van der Waals surface area contributed by atoms with Gasteiger partial charge in [-0.3, -0.25) is 0 Å². The van der Waals surface area contributed by atoms with E-state index in [-0.39, 0.29) is 0 Å². The van der Waals surface area contributed by atoms with Gasteiger partial charge in [0.2, 0.25) is 0 Å². The first-order valence-electron chi connectivity index (χ1n) is 7.13. The molecule has 0 unspecified atom stereocenters. The third-order valence-corrected chi connectivity index (χ3v) is 11.6. The van der Waals surface area contributed by atoms with Crippen molar-refractivity contribution in [3.05, 3.63) is 24.3 Å². The van der Waals surface area contributed by atoms with E-state index in [9.17, 15) is 0 Å². The first-order valence-corrected chi connectivity index (χ1v) is 11.7. The van der Waals surface area contributed by atoms with Gasteiger partial charge in [0, 0.05) is 17.6 Å². The first-order chi connectivity index (χ1) is 7.76. The molecule has 0 N–H and O–H groups in total. The zero-order valence-electron chi connectivity index (χ0n) is 11.4. The quantitative estimate of drug-likeness (QED) is 0.486. The van der Waals surface area contributed by atoms with E-state index in [1.807, 2.05) is 0 Å². The molecule has 0 nitrogen and oxygen atoms in total. The maximum absolute atomic E-state index is 2.56. The van der Waals surface area contributed by atoms with Crippen LogP contribution >= 0.6 is 0 Å². The molecule has 0 radical (unpaired) electrons. The second-order valence-corrected chi connectivity index (χ2v) is 12.9. The molecule has 0 heterocycles. The highest BCUT2D eigenvalue weighted by Gasteiger charge is 2.21. The number of hydrogen-bond acceptors (Lipinski definition) is 0. The fraction of sp³-hybridized carbons (Fsp3) is 0.714. The fourth-order valence-electron chi connectivity index (χ4n) is 2.94. The Kier molecular flexibility index (Phi) is 6.36. The van der Waals surface area contributed by atoms with Crippen LogP contribution in [0.1, 0.15) is 27.7 Å². The average Bonchev–Trinajstić information content (AvgIpc) is 2.34. The summed E-state index contributed by atoms with van der Waals surface area (Å²) in [6.45, 7) is 9.52. The molecular weight excluding hydrogens is 224 g/mol. The van der Waals surface area contributed by atoms with Crippen molar-refractivity contribution >= 4 is 17.6 Å². The minimum absolute atomic E-state index is 0.508. The molecule has 0 aromatic heterocycles. The Morgan fingerprint density at radius 3 is 1.06 bits per heavy atom. The predicted molar refractivity (Wildman–Crippen MR) is 82.0 cm³/mol. The number of allylic oxidation sites excluding steroid dienone is 4. The largest absolute Gasteiger partial charge is 0.0844 e. The van der Waals surface area contributed by atoms with E-state index >= 15 is 0 Å². The molecule has 1 aliphatic rings. The smallest absolute Gasteiger partial charge is 0.0483 e. The van der Waals surface area contributed by atoms with Crippen molar-refractivity contribution in [1.29, 1.82) is 0 Å². The molecule has 0 atom stereocenters. The van der Waals surface area contributed by atoms with Gasteiger partial charge in [0.25, 0.3) is 0 Å². The molecule has 0 amide bonds. The topological polar surface area (TPSA) is 0 Å². The maximum Gasteiger partial charge on any atom is 0.0483 e. The van der Waals surface area contributed by atoms with Gasteiger partial charge in [-0.15, -0.1) is 0 Å². The minimum Gasteiger partial charge on any atom is -0.0844 e. The molecule has 1 aliphatic carbocycles. The molecule has 1 rings (SSSR count). The third-order valence-electron chi connectivity index (χ3n) is 4.30. The fourth-order valence-corrected chi connectivity index (χ4v) is 8.04. The second-order valence-electron chi connectivity index (χ2n) is 5.08. The zero-order chi connectivity index (χ0) is 12.0. The van der Waals surface area contributed by atoms with E-state index in [0.29, 0.717) is 0 Å². The van der Waals surface area contributed by atoms with Crippen molar-refractivity contribution in [2.45, 2.75) is 63.0 Å². The summed E-state index contributed by atoms with van der Waals surface area (Å²) >= 11 is 0. The van der Waals surface area contributed by atoms with Crippen molar-refractivity contribution in [3.8, 4) is 0 Å². The summed E-state index contributed by atoms with van der Waals surface area (Å²) in [7, 11) is -1.02. The van der Waals surface area contributed by atoms with Gasteiger partial charge in [0.1, 0.15) is 0 Å². The lowest BCUT2D eigenvalue weighted by atomic mass is 10.2. The van der Waals surface area contributed by atoms with Crippen molar-refractivity contribution < 1.29 is 0 Å². The lowest BCUT2D eigenvalue weighted by molar-refractivity contribution is 1.10. The Bertz CT molecular complexity index is 199. The maximum atomic E-state index is 2.56. The van der Waals surface area contributed by atoms with Crippen LogP contribution in [0.5, 0.6) is 0 Å². The molecule has 0 aromatic carbocycles. The van der Waals surface area contributed by atoms with Crippen LogP contribution in [0.3, 0.4) is 0 Å². The molecule has 92 valence electrons. The molecule has 0 aliphatic heterocycles. The summed E-state index contributed by atoms with van der Waals surface area (Å²) in [5.41, 5.74) is 1.71. The van der Waals surface area contributed by atoms with Gasteiger partial charge >= 0.3 is 0 Å². The van der Waals surface area contributed by atoms with E-state index in [0.717, 1.165) is 11.1 Å². The van der Waals surface area contributed by atoms with Crippen molar-refractivity contribution in [2.24, 2.45) is 0 Å². The van der Waals surface area contributed by atoms with E-state index in [1.54, 1.807) is 0 Å². The predicted octanol–water partition coefficient (Wildman–Crippen LogP) is 4.39. The van der Waals surface area contributed by atoms with E-state index in [1.165, 1.54) is 24.2 Å². The molecule has 0 bridgehead atoms. The van der Waals surface area contributed by atoms with Crippen LogP contribution in [0, 0.1) is 0 Å². The average molecular weight is 253 g/mol. The Morgan fingerprint density at radius 1 is 0.625 bits per heavy atom. The molecule has 0 aromatic rings. The Labute approximate surface area is 105 Å². The van der Waals surface area contributed by atoms with E-state index < -0.39 is 17.6 Å². The van der Waals surface area contributed by atoms with Crippen LogP contribution in [-0.4, -0.2) is 17.6 Å². The summed E-state index contributed by atoms with van der Waals surface area (Å²) in [6, 6.07) is 5.79. The van der Waals surface area contributed by atoms with Gasteiger partial charge in [-0.2, -0.15) is 0 Å². The third kappa shape index (κ3) is 3.46. The SMILES string of the molecule is CC[SiH](CC)C1C=CC([SiH](CC)CC)C=C1. The highest BCUT2D eigenvalue weighted by Crippen LogP contribution is 2.31. The van der Waals surface area contributed by atoms with E-state index in [2.05, 4.69) is 52.0 Å². The Hall–Kier alpha value is -0.0862. The molecule has 2 heteroatoms. The Balaban J connectivity index is 2.58. The monoisotopic (exact) mass is 252 g/mol. The molecule has 0 saturated heterocycles. The van der Waals surface area contributed by atoms with Crippen molar-refractivity contribution in [1.82, 2.24) is 0 Å². The standard InChI is InChI=1S/C14H28Si2/c1-5-15(6-2)13-9-11-14(12-10-13)16(7-3)8-4/h9-16H,5-8H2,1-4H3. The lowest BCUT2D eigenvalue weighted by Crippen LogP contribution is -2.21. The Morgan fingerprint density at radius 2 is 0.875 bits per heavy atom. The van der Waals surface area contributed by atoms with Gasteiger partial charge in [0.05, 0.1) is 0 Å². The van der Waals surface area contributed by atoms with Gasteiger partial charge in [-0.05, 0) is 11.1 Å². The van der Waals surface area contributed by atoms with Crippen molar-refractivity contribution in [2.75, 3.05) is 0 Å². The van der Waals surface area contributed by atoms with Gasteiger partial charge in [-0.1, -0.05) is 76.2 Å². The van der Waals surface area contributed by atoms with Crippen LogP contribution in [0.25, 0.3) is 0 Å². The zero-order valence-corrected chi connectivity index (χ0v) is 13.8. The molecular formula is C14H28Si2. The lowest BCUT2D eigenvalue weighted by Gasteiger charge is -2.25. The van der Waals surface area contributed by atoms with Crippen LogP contribution in [-0.2, 0) is 0 Å². The normalized spacial score (nSPS) is 24.6. The summed E-state index contributed by atoms with van der Waals surface area (Å²) < 4.78 is 0. The highest BCUT2D eigenvalue weighted by atomic mass is 28.3. The minimum atomic E-state index is -0.508. The number of hydrogen-bond donors (Lipinski definition) is 0. The molecule has 0 spiro atoms. The van der Waals surface area contributed by atoms with Gasteiger partial charge in [0.15, 0.2) is 0 Å². The first kappa shape index (κ1) is 14.0. The van der Waals surface area contributed by atoms with Gasteiger partial charge < -0.3 is 0 Å². The highest BCUT2D eigenvalue weighted by molar-refractivity contribution is 6.63. The van der Waals surface area contributed by atoms with Crippen LogP contribution in [0.4, 0.5) is 0 Å². The molecule has 0 saturated carbocycles. The summed E-state index contributed by atoms with van der Waals surface area (Å²) in [5.74, 6) is 0. The van der Waals surface area contributed by atoms with E-state index in [4.69, 9.17) is 0 Å².